The number of carbonyl (C=O) groups is 1. The number of amides is 1. The molecule has 0 radical (unpaired) electrons. The van der Waals surface area contributed by atoms with Crippen LogP contribution in [0.5, 0.6) is 0 Å². The lowest BCUT2D eigenvalue weighted by Crippen LogP contribution is -2.40. The molecule has 0 aromatic heterocycles. The van der Waals surface area contributed by atoms with Gasteiger partial charge in [-0.3, -0.25) is 4.79 Å². The molecule has 1 rings (SSSR count). The van der Waals surface area contributed by atoms with Crippen LogP contribution < -0.4 is 5.32 Å². The van der Waals surface area contributed by atoms with Gasteiger partial charge in [-0.25, -0.2) is 0 Å². The maximum atomic E-state index is 12.2. The molecule has 112 valence electrons. The van der Waals surface area contributed by atoms with Crippen molar-refractivity contribution in [1.29, 1.82) is 0 Å². The third-order valence-electron chi connectivity index (χ3n) is 5.04. The van der Waals surface area contributed by atoms with Gasteiger partial charge in [0.25, 0.3) is 0 Å². The summed E-state index contributed by atoms with van der Waals surface area (Å²) in [5, 5.41) is 12.1. The van der Waals surface area contributed by atoms with Crippen molar-refractivity contribution in [2.24, 2.45) is 23.2 Å². The van der Waals surface area contributed by atoms with Gasteiger partial charge in [-0.15, -0.1) is 0 Å². The van der Waals surface area contributed by atoms with Crippen LogP contribution in [0, 0.1) is 23.2 Å². The highest BCUT2D eigenvalue weighted by Crippen LogP contribution is 2.31. The molecule has 2 N–H and O–H groups in total. The molecule has 0 atom stereocenters. The van der Waals surface area contributed by atoms with E-state index in [-0.39, 0.29) is 23.8 Å². The molecule has 0 spiro atoms. The van der Waals surface area contributed by atoms with Crippen molar-refractivity contribution < 1.29 is 9.90 Å². The van der Waals surface area contributed by atoms with Crippen molar-refractivity contribution in [1.82, 2.24) is 5.32 Å². The molecule has 1 amide bonds. The number of hydrogen-bond acceptors (Lipinski definition) is 2. The molecule has 1 saturated carbocycles. The highest BCUT2D eigenvalue weighted by molar-refractivity contribution is 5.78. The molecule has 0 aliphatic heterocycles. The van der Waals surface area contributed by atoms with Crippen LogP contribution in [0.1, 0.15) is 59.8 Å². The quantitative estimate of drug-likeness (QED) is 0.779. The smallest absolute Gasteiger partial charge is 0.223 e. The Kier molecular flexibility index (Phi) is 6.31. The Balaban J connectivity index is 2.32. The highest BCUT2D eigenvalue weighted by atomic mass is 16.3. The molecular formula is C16H31NO2. The number of hydrogen-bond donors (Lipinski definition) is 2. The fourth-order valence-electron chi connectivity index (χ4n) is 2.56. The van der Waals surface area contributed by atoms with Gasteiger partial charge < -0.3 is 10.4 Å². The fourth-order valence-corrected chi connectivity index (χ4v) is 2.56. The van der Waals surface area contributed by atoms with E-state index in [2.05, 4.69) is 33.0 Å². The van der Waals surface area contributed by atoms with Crippen LogP contribution in [0.15, 0.2) is 0 Å². The second-order valence-electron chi connectivity index (χ2n) is 7.09. The van der Waals surface area contributed by atoms with E-state index in [4.69, 9.17) is 5.11 Å². The number of carbonyl (C=O) groups excluding carboxylic acids is 1. The molecule has 19 heavy (non-hydrogen) atoms. The first-order valence-electron chi connectivity index (χ1n) is 7.75. The number of aliphatic hydroxyl groups excluding tert-OH is 1. The van der Waals surface area contributed by atoms with E-state index in [0.29, 0.717) is 11.8 Å². The van der Waals surface area contributed by atoms with Crippen molar-refractivity contribution >= 4 is 5.91 Å². The molecular weight excluding hydrogens is 238 g/mol. The maximum Gasteiger partial charge on any atom is 0.223 e. The minimum atomic E-state index is 0.156. The monoisotopic (exact) mass is 269 g/mol. The van der Waals surface area contributed by atoms with Gasteiger partial charge in [0, 0.05) is 19.1 Å². The highest BCUT2D eigenvalue weighted by Gasteiger charge is 2.28. The van der Waals surface area contributed by atoms with E-state index in [0.717, 1.165) is 38.6 Å². The van der Waals surface area contributed by atoms with E-state index >= 15 is 0 Å². The molecule has 0 unspecified atom stereocenters. The van der Waals surface area contributed by atoms with Gasteiger partial charge in [0.15, 0.2) is 0 Å². The summed E-state index contributed by atoms with van der Waals surface area (Å²) in [6.45, 7) is 9.86. The van der Waals surface area contributed by atoms with Gasteiger partial charge in [0.1, 0.15) is 0 Å². The maximum absolute atomic E-state index is 12.2. The summed E-state index contributed by atoms with van der Waals surface area (Å²) >= 11 is 0. The Hall–Kier alpha value is -0.570. The third kappa shape index (κ3) is 5.13. The average molecular weight is 269 g/mol. The van der Waals surface area contributed by atoms with Crippen molar-refractivity contribution in [3.63, 3.8) is 0 Å². The summed E-state index contributed by atoms with van der Waals surface area (Å²) in [6.07, 6.45) is 5.05. The van der Waals surface area contributed by atoms with Crippen LogP contribution in [0.4, 0.5) is 0 Å². The summed E-state index contributed by atoms with van der Waals surface area (Å²) < 4.78 is 0. The van der Waals surface area contributed by atoms with E-state index in [9.17, 15) is 4.79 Å². The van der Waals surface area contributed by atoms with E-state index < -0.39 is 0 Å². The van der Waals surface area contributed by atoms with E-state index in [1.165, 1.54) is 0 Å². The van der Waals surface area contributed by atoms with Crippen LogP contribution >= 0.6 is 0 Å². The lowest BCUT2D eigenvalue weighted by atomic mass is 9.79. The molecule has 1 fully saturated rings. The van der Waals surface area contributed by atoms with E-state index in [1.54, 1.807) is 0 Å². The normalized spacial score (nSPS) is 24.5. The van der Waals surface area contributed by atoms with Gasteiger partial charge in [-0.2, -0.15) is 0 Å². The lowest BCUT2D eigenvalue weighted by Gasteiger charge is -2.32. The zero-order valence-electron chi connectivity index (χ0n) is 13.0. The summed E-state index contributed by atoms with van der Waals surface area (Å²) in [4.78, 5) is 12.2. The van der Waals surface area contributed by atoms with Crippen molar-refractivity contribution in [3.8, 4) is 0 Å². The Morgan fingerprint density at radius 1 is 1.26 bits per heavy atom. The minimum absolute atomic E-state index is 0.156. The van der Waals surface area contributed by atoms with Gasteiger partial charge in [0.05, 0.1) is 0 Å². The first-order valence-corrected chi connectivity index (χ1v) is 7.75. The van der Waals surface area contributed by atoms with Gasteiger partial charge in [-0.1, -0.05) is 27.7 Å². The molecule has 1 aliphatic rings. The molecule has 3 heteroatoms. The summed E-state index contributed by atoms with van der Waals surface area (Å²) in [7, 11) is 0. The predicted octanol–water partition coefficient (Wildman–Crippen LogP) is 2.97. The molecule has 3 nitrogen and oxygen atoms in total. The Morgan fingerprint density at radius 2 is 1.84 bits per heavy atom. The second-order valence-corrected chi connectivity index (χ2v) is 7.09. The first-order chi connectivity index (χ1) is 8.86. The van der Waals surface area contributed by atoms with Gasteiger partial charge >= 0.3 is 0 Å². The van der Waals surface area contributed by atoms with Crippen LogP contribution in [0.3, 0.4) is 0 Å². The second kappa shape index (κ2) is 7.28. The summed E-state index contributed by atoms with van der Waals surface area (Å²) in [5.41, 5.74) is 0.156. The minimum Gasteiger partial charge on any atom is -0.396 e. The van der Waals surface area contributed by atoms with Crippen molar-refractivity contribution in [2.45, 2.75) is 59.8 Å². The zero-order valence-corrected chi connectivity index (χ0v) is 13.0. The number of rotatable bonds is 6. The van der Waals surface area contributed by atoms with Crippen LogP contribution in [0.2, 0.25) is 0 Å². The Bertz CT molecular complexity index is 278. The van der Waals surface area contributed by atoms with Gasteiger partial charge in [-0.05, 0) is 49.4 Å². The van der Waals surface area contributed by atoms with E-state index in [1.807, 2.05) is 0 Å². The van der Waals surface area contributed by atoms with Crippen LogP contribution in [-0.2, 0) is 4.79 Å². The molecule has 0 heterocycles. The van der Waals surface area contributed by atoms with Crippen LogP contribution in [-0.4, -0.2) is 24.2 Å². The Morgan fingerprint density at radius 3 is 2.32 bits per heavy atom. The largest absolute Gasteiger partial charge is 0.396 e. The number of nitrogens with one attached hydrogen (secondary N) is 1. The SMILES string of the molecule is CC(C)C(C)(C)CNC(=O)C1CCC(CCO)CC1. The predicted molar refractivity (Wildman–Crippen MR) is 78.8 cm³/mol. The van der Waals surface area contributed by atoms with Crippen LogP contribution in [0.25, 0.3) is 0 Å². The zero-order chi connectivity index (χ0) is 14.5. The van der Waals surface area contributed by atoms with Crippen molar-refractivity contribution in [2.75, 3.05) is 13.2 Å². The summed E-state index contributed by atoms with van der Waals surface area (Å²) in [5.74, 6) is 1.61. The molecule has 1 aliphatic carbocycles. The topological polar surface area (TPSA) is 49.3 Å². The number of aliphatic hydroxyl groups is 1. The molecule has 0 saturated heterocycles. The third-order valence-corrected chi connectivity index (χ3v) is 5.04. The molecule has 0 aromatic rings. The molecule has 0 bridgehead atoms. The lowest BCUT2D eigenvalue weighted by molar-refractivity contribution is -0.126. The first kappa shape index (κ1) is 16.5. The fraction of sp³-hybridized carbons (Fsp3) is 0.938. The van der Waals surface area contributed by atoms with Gasteiger partial charge in [0.2, 0.25) is 5.91 Å². The van der Waals surface area contributed by atoms with Crippen molar-refractivity contribution in [3.05, 3.63) is 0 Å². The Labute approximate surface area is 118 Å². The standard InChI is InChI=1S/C16H31NO2/c1-12(2)16(3,4)11-17-15(19)14-7-5-13(6-8-14)9-10-18/h12-14,18H,5-11H2,1-4H3,(H,17,19). The molecule has 0 aromatic carbocycles. The summed E-state index contributed by atoms with van der Waals surface area (Å²) in [6, 6.07) is 0. The average Bonchev–Trinajstić information content (AvgIpc) is 2.37.